The lowest BCUT2D eigenvalue weighted by atomic mass is 10.1. The Hall–Kier alpha value is -2.54. The number of carboxylic acids is 2. The maximum atomic E-state index is 9.90. The molecule has 0 bridgehead atoms. The maximum absolute atomic E-state index is 9.90. The van der Waals surface area contributed by atoms with Crippen LogP contribution in [0.5, 0.6) is 5.75 Å². The number of hydrogen-bond donors (Lipinski definition) is 5. The zero-order valence-electron chi connectivity index (χ0n) is 12.8. The summed E-state index contributed by atoms with van der Waals surface area (Å²) >= 11 is 0. The van der Waals surface area contributed by atoms with Gasteiger partial charge in [-0.15, -0.1) is 0 Å². The van der Waals surface area contributed by atoms with Gasteiger partial charge in [-0.25, -0.2) is 0 Å². The minimum atomic E-state index is -0.870. The summed E-state index contributed by atoms with van der Waals surface area (Å²) in [5.74, 6) is -1.44. The molecule has 6 N–H and O–H groups in total. The molecule has 0 fully saturated rings. The normalized spacial score (nSPS) is 10.1. The van der Waals surface area contributed by atoms with E-state index in [1.165, 1.54) is 0 Å². The quantitative estimate of drug-likeness (QED) is 0.495. The average molecular weight is 322 g/mol. The van der Waals surface area contributed by atoms with Crippen molar-refractivity contribution in [1.82, 2.24) is 4.98 Å². The number of unbranched alkanes of at least 4 members (excludes halogenated alkanes) is 1. The first kappa shape index (κ1) is 18.5. The molecule has 0 radical (unpaired) electrons. The van der Waals surface area contributed by atoms with Crippen LogP contribution in [0.25, 0.3) is 10.9 Å². The smallest absolute Gasteiger partial charge is 0.303 e. The number of hydrogen-bond acceptors (Lipinski definition) is 4. The van der Waals surface area contributed by atoms with Gasteiger partial charge < -0.3 is 26.0 Å². The molecule has 1 aromatic carbocycles. The number of aromatic amines is 1. The molecule has 0 saturated carbocycles. The molecule has 1 aromatic heterocycles. The first-order valence-corrected chi connectivity index (χ1v) is 7.36. The van der Waals surface area contributed by atoms with E-state index in [-0.39, 0.29) is 12.8 Å². The van der Waals surface area contributed by atoms with E-state index < -0.39 is 11.9 Å². The fraction of sp³-hybridized carbons (Fsp3) is 0.375. The third kappa shape index (κ3) is 6.84. The number of phenolic OH excluding ortho intramolecular Hbond substituents is 1. The summed E-state index contributed by atoms with van der Waals surface area (Å²) in [4.78, 5) is 22.9. The molecule has 7 heteroatoms. The van der Waals surface area contributed by atoms with Crippen LogP contribution < -0.4 is 5.73 Å². The summed E-state index contributed by atoms with van der Waals surface area (Å²) in [6, 6.07) is 5.30. The second-order valence-corrected chi connectivity index (χ2v) is 5.08. The van der Waals surface area contributed by atoms with Crippen LogP contribution in [0.3, 0.4) is 0 Å². The molecule has 1 heterocycles. The summed E-state index contributed by atoms with van der Waals surface area (Å²) in [6.45, 7) is 0.628. The van der Waals surface area contributed by atoms with Crippen LogP contribution in [-0.2, 0) is 16.0 Å². The van der Waals surface area contributed by atoms with Gasteiger partial charge in [0.1, 0.15) is 5.75 Å². The number of aliphatic carboxylic acids is 2. The van der Waals surface area contributed by atoms with Crippen LogP contribution in [0.1, 0.15) is 31.2 Å². The number of carboxylic acid groups (broad SMARTS) is 2. The Balaban J connectivity index is 0.000000241. The molecule has 126 valence electrons. The second kappa shape index (κ2) is 9.47. The molecule has 0 saturated heterocycles. The Morgan fingerprint density at radius 2 is 1.70 bits per heavy atom. The van der Waals surface area contributed by atoms with E-state index in [2.05, 4.69) is 4.98 Å². The molecule has 0 aliphatic carbocycles. The first-order valence-electron chi connectivity index (χ1n) is 7.36. The standard InChI is InChI=1S/C10H12N2O.C6H10O4/c11-4-3-7-6-12-10-2-1-8(13)5-9(7)10;7-5(8)3-1-2-4-6(9)10/h1-2,5-6,12-13H,3-4,11H2;1-4H2,(H,7,8)(H,9,10). The van der Waals surface area contributed by atoms with Crippen LogP contribution in [0.4, 0.5) is 0 Å². The average Bonchev–Trinajstić information content (AvgIpc) is 2.87. The van der Waals surface area contributed by atoms with Crippen LogP contribution in [0.15, 0.2) is 24.4 Å². The topological polar surface area (TPSA) is 137 Å². The van der Waals surface area contributed by atoms with E-state index in [1.807, 2.05) is 12.3 Å². The maximum Gasteiger partial charge on any atom is 0.303 e. The van der Waals surface area contributed by atoms with Crippen LogP contribution in [0.2, 0.25) is 0 Å². The Labute approximate surface area is 133 Å². The molecule has 2 rings (SSSR count). The largest absolute Gasteiger partial charge is 0.508 e. The fourth-order valence-electron chi connectivity index (χ4n) is 2.08. The lowest BCUT2D eigenvalue weighted by Gasteiger charge is -1.96. The highest BCUT2D eigenvalue weighted by atomic mass is 16.4. The van der Waals surface area contributed by atoms with Gasteiger partial charge in [0.05, 0.1) is 0 Å². The van der Waals surface area contributed by atoms with Crippen molar-refractivity contribution in [2.75, 3.05) is 6.54 Å². The van der Waals surface area contributed by atoms with E-state index in [4.69, 9.17) is 15.9 Å². The SMILES string of the molecule is NCCc1c[nH]c2ccc(O)cc12.O=C(O)CCCCC(=O)O. The predicted molar refractivity (Wildman–Crippen MR) is 86.5 cm³/mol. The number of carbonyl (C=O) groups is 2. The van der Waals surface area contributed by atoms with Gasteiger partial charge in [0, 0.05) is 29.9 Å². The number of aromatic nitrogens is 1. The molecule has 23 heavy (non-hydrogen) atoms. The number of benzene rings is 1. The Bertz CT molecular complexity index is 635. The van der Waals surface area contributed by atoms with Gasteiger partial charge >= 0.3 is 11.9 Å². The minimum Gasteiger partial charge on any atom is -0.508 e. The van der Waals surface area contributed by atoms with Gasteiger partial charge in [0.2, 0.25) is 0 Å². The van der Waals surface area contributed by atoms with Crippen molar-refractivity contribution in [1.29, 1.82) is 0 Å². The molecule has 0 aliphatic heterocycles. The van der Waals surface area contributed by atoms with Gasteiger partial charge in [-0.2, -0.15) is 0 Å². The van der Waals surface area contributed by atoms with Crippen molar-refractivity contribution >= 4 is 22.8 Å². The molecule has 0 spiro atoms. The predicted octanol–water partition coefficient (Wildman–Crippen LogP) is 2.09. The van der Waals surface area contributed by atoms with Crippen LogP contribution in [0, 0.1) is 0 Å². The molecule has 0 aliphatic rings. The van der Waals surface area contributed by atoms with E-state index >= 15 is 0 Å². The van der Waals surface area contributed by atoms with Gasteiger partial charge in [0.15, 0.2) is 0 Å². The van der Waals surface area contributed by atoms with Gasteiger partial charge in [-0.1, -0.05) is 0 Å². The minimum absolute atomic E-state index is 0.0628. The van der Waals surface area contributed by atoms with E-state index in [0.29, 0.717) is 25.1 Å². The van der Waals surface area contributed by atoms with Gasteiger partial charge in [-0.3, -0.25) is 9.59 Å². The number of rotatable bonds is 7. The molecular formula is C16H22N2O5. The Morgan fingerprint density at radius 3 is 2.22 bits per heavy atom. The molecule has 0 amide bonds. The highest BCUT2D eigenvalue weighted by Gasteiger charge is 2.02. The Kier molecular flexibility index (Phi) is 7.62. The molecular weight excluding hydrogens is 300 g/mol. The highest BCUT2D eigenvalue weighted by Crippen LogP contribution is 2.22. The molecule has 2 aromatic rings. The third-order valence-electron chi connectivity index (χ3n) is 3.20. The van der Waals surface area contributed by atoms with Gasteiger partial charge in [0.25, 0.3) is 0 Å². The zero-order chi connectivity index (χ0) is 17.2. The Morgan fingerprint density at radius 1 is 1.09 bits per heavy atom. The summed E-state index contributed by atoms with van der Waals surface area (Å²) < 4.78 is 0. The van der Waals surface area contributed by atoms with E-state index in [1.54, 1.807) is 12.1 Å². The van der Waals surface area contributed by atoms with Crippen molar-refractivity contribution in [3.63, 3.8) is 0 Å². The lowest BCUT2D eigenvalue weighted by molar-refractivity contribution is -0.139. The summed E-state index contributed by atoms with van der Waals surface area (Å²) in [6.07, 6.45) is 3.80. The number of aromatic hydroxyl groups is 1. The summed E-state index contributed by atoms with van der Waals surface area (Å²) in [5.41, 5.74) is 7.68. The fourth-order valence-corrected chi connectivity index (χ4v) is 2.08. The van der Waals surface area contributed by atoms with Crippen molar-refractivity contribution in [2.45, 2.75) is 32.1 Å². The monoisotopic (exact) mass is 322 g/mol. The summed E-state index contributed by atoms with van der Waals surface area (Å²) in [7, 11) is 0. The molecule has 7 nitrogen and oxygen atoms in total. The van der Waals surface area contributed by atoms with Crippen molar-refractivity contribution in [3.05, 3.63) is 30.0 Å². The number of H-pyrrole nitrogens is 1. The molecule has 0 atom stereocenters. The van der Waals surface area contributed by atoms with Crippen molar-refractivity contribution in [3.8, 4) is 5.75 Å². The van der Waals surface area contributed by atoms with E-state index in [9.17, 15) is 14.7 Å². The number of phenols is 1. The van der Waals surface area contributed by atoms with E-state index in [0.717, 1.165) is 22.9 Å². The highest BCUT2D eigenvalue weighted by molar-refractivity contribution is 5.84. The third-order valence-corrected chi connectivity index (χ3v) is 3.20. The number of nitrogens with one attached hydrogen (secondary N) is 1. The lowest BCUT2D eigenvalue weighted by Crippen LogP contribution is -2.01. The second-order valence-electron chi connectivity index (χ2n) is 5.08. The van der Waals surface area contributed by atoms with Crippen molar-refractivity contribution in [2.24, 2.45) is 5.73 Å². The summed E-state index contributed by atoms with van der Waals surface area (Å²) in [5, 5.41) is 26.6. The number of fused-ring (bicyclic) bond motifs is 1. The van der Waals surface area contributed by atoms with Crippen LogP contribution >= 0.6 is 0 Å². The van der Waals surface area contributed by atoms with Crippen molar-refractivity contribution < 1.29 is 24.9 Å². The number of nitrogens with two attached hydrogens (primary N) is 1. The zero-order valence-corrected chi connectivity index (χ0v) is 12.8. The molecule has 0 unspecified atom stereocenters. The van der Waals surface area contributed by atoms with Crippen LogP contribution in [-0.4, -0.2) is 38.8 Å². The first-order chi connectivity index (χ1) is 10.9. The van der Waals surface area contributed by atoms with Gasteiger partial charge in [-0.05, 0) is 49.6 Å².